The summed E-state index contributed by atoms with van der Waals surface area (Å²) in [4.78, 5) is 31.8. The molecule has 0 spiro atoms. The van der Waals surface area contributed by atoms with Gasteiger partial charge in [0.05, 0.1) is 17.2 Å². The summed E-state index contributed by atoms with van der Waals surface area (Å²) in [5, 5.41) is 0. The zero-order valence-electron chi connectivity index (χ0n) is 12.2. The van der Waals surface area contributed by atoms with E-state index in [1.807, 2.05) is 12.3 Å². The highest BCUT2D eigenvalue weighted by molar-refractivity contribution is 6.21. The maximum atomic E-state index is 12.6. The van der Waals surface area contributed by atoms with Crippen LogP contribution in [0.1, 0.15) is 44.3 Å². The van der Waals surface area contributed by atoms with E-state index in [1.54, 1.807) is 42.3 Å². The van der Waals surface area contributed by atoms with Crippen LogP contribution in [0.25, 0.3) is 0 Å². The van der Waals surface area contributed by atoms with Crippen LogP contribution in [0.2, 0.25) is 0 Å². The number of carbonyl (C=O) groups excluding carboxylic acids is 2. The number of nitrogens with zero attached hydrogens (tertiary/aromatic N) is 2. The Morgan fingerprint density at radius 2 is 1.82 bits per heavy atom. The van der Waals surface area contributed by atoms with Gasteiger partial charge in [0.1, 0.15) is 7.11 Å². The molecule has 0 saturated carbocycles. The van der Waals surface area contributed by atoms with Crippen LogP contribution < -0.4 is 9.57 Å². The lowest BCUT2D eigenvalue weighted by Gasteiger charge is -2.22. The Balaban J connectivity index is 1.74. The van der Waals surface area contributed by atoms with E-state index >= 15 is 0 Å². The van der Waals surface area contributed by atoms with Crippen LogP contribution in [0.4, 0.5) is 0 Å². The van der Waals surface area contributed by atoms with Gasteiger partial charge in [-0.15, -0.1) is 0 Å². The first kappa shape index (κ1) is 13.0. The molecule has 2 heterocycles. The summed E-state index contributed by atoms with van der Waals surface area (Å²) in [6.45, 7) is 0. The normalized spacial score (nSPS) is 19.3. The lowest BCUT2D eigenvalue weighted by molar-refractivity contribution is -0.885. The average Bonchev–Trinajstić information content (AvgIpc) is 3.07. The van der Waals surface area contributed by atoms with E-state index in [4.69, 9.17) is 4.84 Å². The number of aryl methyl sites for hydroxylation is 1. The van der Waals surface area contributed by atoms with Gasteiger partial charge in [-0.25, -0.2) is 0 Å². The van der Waals surface area contributed by atoms with E-state index in [2.05, 4.69) is 0 Å². The predicted octanol–water partition coefficient (Wildman–Crippen LogP) is 1.32. The highest BCUT2D eigenvalue weighted by Crippen LogP contribution is 2.39. The molecule has 1 aromatic carbocycles. The second-order valence-corrected chi connectivity index (χ2v) is 5.55. The molecular weight excluding hydrogens is 280 g/mol. The maximum Gasteiger partial charge on any atom is 0.262 e. The monoisotopic (exact) mass is 295 g/mol. The molecular formula is C17H15N2O3+. The summed E-state index contributed by atoms with van der Waals surface area (Å²) >= 11 is 0. The van der Waals surface area contributed by atoms with Crippen molar-refractivity contribution in [3.8, 4) is 0 Å². The van der Waals surface area contributed by atoms with Crippen molar-refractivity contribution < 1.29 is 19.2 Å². The van der Waals surface area contributed by atoms with Gasteiger partial charge in [-0.2, -0.15) is 0 Å². The van der Waals surface area contributed by atoms with Crippen molar-refractivity contribution in [3.63, 3.8) is 0 Å². The van der Waals surface area contributed by atoms with Gasteiger partial charge >= 0.3 is 0 Å². The molecule has 5 heteroatoms. The van der Waals surface area contributed by atoms with E-state index in [1.165, 1.54) is 4.90 Å². The quantitative estimate of drug-likeness (QED) is 0.620. The molecule has 2 aromatic rings. The molecule has 1 atom stereocenters. The fourth-order valence-corrected chi connectivity index (χ4v) is 3.39. The third kappa shape index (κ3) is 1.68. The number of rotatable bonds is 2. The minimum Gasteiger partial charge on any atom is -0.275 e. The molecule has 5 nitrogen and oxygen atoms in total. The molecule has 0 N–H and O–H groups in total. The van der Waals surface area contributed by atoms with Crippen LogP contribution >= 0.6 is 0 Å². The molecule has 0 bridgehead atoms. The van der Waals surface area contributed by atoms with Crippen LogP contribution in [0.5, 0.6) is 0 Å². The van der Waals surface area contributed by atoms with Crippen molar-refractivity contribution in [2.45, 2.75) is 18.9 Å². The fraction of sp³-hybridized carbons (Fsp3) is 0.235. The van der Waals surface area contributed by atoms with Gasteiger partial charge in [-0.05, 0) is 30.5 Å². The number of aromatic nitrogens is 1. The van der Waals surface area contributed by atoms with Gasteiger partial charge in [0.15, 0.2) is 0 Å². The minimum atomic E-state index is -0.193. The fourth-order valence-electron chi connectivity index (χ4n) is 3.39. The van der Waals surface area contributed by atoms with E-state index < -0.39 is 0 Å². The Hall–Kier alpha value is -2.69. The van der Waals surface area contributed by atoms with Crippen LogP contribution in [0.3, 0.4) is 0 Å². The molecule has 2 amide bonds. The van der Waals surface area contributed by atoms with Gasteiger partial charge in [0, 0.05) is 16.4 Å². The van der Waals surface area contributed by atoms with Crippen molar-refractivity contribution in [1.82, 2.24) is 4.90 Å². The molecule has 1 aliphatic heterocycles. The van der Waals surface area contributed by atoms with E-state index in [-0.39, 0.29) is 17.9 Å². The van der Waals surface area contributed by atoms with Gasteiger partial charge in [0.25, 0.3) is 11.8 Å². The third-order valence-electron chi connectivity index (χ3n) is 4.45. The Labute approximate surface area is 127 Å². The summed E-state index contributed by atoms with van der Waals surface area (Å²) in [6, 6.07) is 8.76. The van der Waals surface area contributed by atoms with Gasteiger partial charge in [-0.3, -0.25) is 19.3 Å². The molecule has 0 radical (unpaired) electrons. The van der Waals surface area contributed by atoms with Crippen molar-refractivity contribution in [3.05, 3.63) is 65.0 Å². The Kier molecular flexibility index (Phi) is 2.76. The number of fused-ring (bicyclic) bond motifs is 2. The average molecular weight is 295 g/mol. The number of hydrogen-bond acceptors (Lipinski definition) is 3. The number of benzene rings is 1. The highest BCUT2D eigenvalue weighted by atomic mass is 16.6. The first-order valence-corrected chi connectivity index (χ1v) is 7.26. The topological polar surface area (TPSA) is 50.5 Å². The summed E-state index contributed by atoms with van der Waals surface area (Å²) in [6.07, 6.45) is 5.30. The third-order valence-corrected chi connectivity index (χ3v) is 4.45. The molecule has 0 fully saturated rings. The van der Waals surface area contributed by atoms with Crippen LogP contribution in [0.15, 0.2) is 42.7 Å². The maximum absolute atomic E-state index is 12.6. The molecule has 4 rings (SSSR count). The zero-order valence-corrected chi connectivity index (χ0v) is 12.2. The Bertz CT molecular complexity index is 765. The zero-order chi connectivity index (χ0) is 15.3. The first-order chi connectivity index (χ1) is 10.7. The lowest BCUT2D eigenvalue weighted by atomic mass is 10.1. The number of imide groups is 1. The predicted molar refractivity (Wildman–Crippen MR) is 77.1 cm³/mol. The first-order valence-electron chi connectivity index (χ1n) is 7.26. The van der Waals surface area contributed by atoms with Crippen LogP contribution in [0, 0.1) is 0 Å². The number of carbonyl (C=O) groups is 2. The van der Waals surface area contributed by atoms with Crippen LogP contribution in [-0.4, -0.2) is 23.8 Å². The van der Waals surface area contributed by atoms with Gasteiger partial charge in [-0.1, -0.05) is 12.1 Å². The second kappa shape index (κ2) is 4.66. The summed E-state index contributed by atoms with van der Waals surface area (Å²) in [5.74, 6) is -0.385. The van der Waals surface area contributed by atoms with E-state index in [0.717, 1.165) is 24.0 Å². The molecule has 1 unspecified atom stereocenters. The molecule has 2 aliphatic rings. The van der Waals surface area contributed by atoms with E-state index in [9.17, 15) is 9.59 Å². The Morgan fingerprint density at radius 1 is 1.14 bits per heavy atom. The van der Waals surface area contributed by atoms with Crippen molar-refractivity contribution >= 4 is 11.8 Å². The molecule has 110 valence electrons. The van der Waals surface area contributed by atoms with Crippen molar-refractivity contribution in [2.75, 3.05) is 7.11 Å². The standard InChI is InChI=1S/C17H15N2O3/c1-22-18-9-8-12-11(10-18)6-7-15(12)19-16(20)13-4-2-3-5-14(13)17(19)21/h2-5,8-10,15H,6-7H2,1H3/q+1. The number of hydrogen-bond donors (Lipinski definition) is 0. The molecule has 1 aliphatic carbocycles. The number of amides is 2. The van der Waals surface area contributed by atoms with Gasteiger partial charge < -0.3 is 0 Å². The SMILES string of the molecule is CO[n+]1ccc2c(c1)CCC2N1C(=O)c2ccccc2C1=O. The summed E-state index contributed by atoms with van der Waals surface area (Å²) in [7, 11) is 1.60. The molecule has 22 heavy (non-hydrogen) atoms. The number of pyridine rings is 1. The van der Waals surface area contributed by atoms with Gasteiger partial charge in [0.2, 0.25) is 12.4 Å². The minimum absolute atomic E-state index is 0.186. The van der Waals surface area contributed by atoms with Crippen LogP contribution in [-0.2, 0) is 6.42 Å². The highest BCUT2D eigenvalue weighted by Gasteiger charge is 2.43. The second-order valence-electron chi connectivity index (χ2n) is 5.55. The lowest BCUT2D eigenvalue weighted by Crippen LogP contribution is -2.40. The smallest absolute Gasteiger partial charge is 0.262 e. The molecule has 0 saturated heterocycles. The molecule has 1 aromatic heterocycles. The summed E-state index contributed by atoms with van der Waals surface area (Å²) in [5.41, 5.74) is 3.15. The van der Waals surface area contributed by atoms with E-state index in [0.29, 0.717) is 11.1 Å². The summed E-state index contributed by atoms with van der Waals surface area (Å²) < 4.78 is 1.63. The Morgan fingerprint density at radius 3 is 2.45 bits per heavy atom. The van der Waals surface area contributed by atoms with Crippen molar-refractivity contribution in [2.24, 2.45) is 0 Å². The largest absolute Gasteiger partial charge is 0.275 e. The van der Waals surface area contributed by atoms with Crippen molar-refractivity contribution in [1.29, 1.82) is 0 Å².